The third kappa shape index (κ3) is 5.50. The molecular formula is C13H25NO3. The minimum absolute atomic E-state index is 0.0231. The van der Waals surface area contributed by atoms with Gasteiger partial charge in [0.15, 0.2) is 0 Å². The molecule has 2 atom stereocenters. The van der Waals surface area contributed by atoms with Crippen molar-refractivity contribution in [3.05, 3.63) is 0 Å². The van der Waals surface area contributed by atoms with Crippen molar-refractivity contribution in [2.75, 3.05) is 13.2 Å². The minimum atomic E-state index is -0.704. The van der Waals surface area contributed by atoms with Gasteiger partial charge < -0.3 is 15.5 Å². The van der Waals surface area contributed by atoms with Gasteiger partial charge in [0.1, 0.15) is 0 Å². The summed E-state index contributed by atoms with van der Waals surface area (Å²) in [5.74, 6) is 0.519. The van der Waals surface area contributed by atoms with Crippen LogP contribution < -0.4 is 5.32 Å². The molecule has 0 heterocycles. The standard InChI is InChI=1S/C13H25NO3/c1-11-5-4-7-13(17,9-11)10-14-12(16)6-2-3-8-15/h11,15,17H,2-10H2,1H3,(H,14,16). The summed E-state index contributed by atoms with van der Waals surface area (Å²) >= 11 is 0. The first-order valence-corrected chi connectivity index (χ1v) is 6.66. The number of hydrogen-bond acceptors (Lipinski definition) is 3. The van der Waals surface area contributed by atoms with E-state index in [9.17, 15) is 9.90 Å². The van der Waals surface area contributed by atoms with Crippen molar-refractivity contribution >= 4 is 5.91 Å². The van der Waals surface area contributed by atoms with Crippen molar-refractivity contribution in [2.24, 2.45) is 5.92 Å². The van der Waals surface area contributed by atoms with Crippen molar-refractivity contribution < 1.29 is 15.0 Å². The molecule has 0 aromatic rings. The fourth-order valence-corrected chi connectivity index (χ4v) is 2.54. The van der Waals surface area contributed by atoms with Crippen LogP contribution in [0.2, 0.25) is 0 Å². The summed E-state index contributed by atoms with van der Waals surface area (Å²) in [5.41, 5.74) is -0.704. The highest BCUT2D eigenvalue weighted by Crippen LogP contribution is 2.31. The number of unbranched alkanes of at least 4 members (excludes halogenated alkanes) is 1. The van der Waals surface area contributed by atoms with Gasteiger partial charge in [0, 0.05) is 19.6 Å². The van der Waals surface area contributed by atoms with E-state index in [1.54, 1.807) is 0 Å². The number of aliphatic hydroxyl groups excluding tert-OH is 1. The van der Waals surface area contributed by atoms with Gasteiger partial charge >= 0.3 is 0 Å². The van der Waals surface area contributed by atoms with Gasteiger partial charge in [-0.1, -0.05) is 19.8 Å². The smallest absolute Gasteiger partial charge is 0.220 e. The topological polar surface area (TPSA) is 69.6 Å². The Hall–Kier alpha value is -0.610. The molecule has 4 nitrogen and oxygen atoms in total. The van der Waals surface area contributed by atoms with E-state index in [1.807, 2.05) is 0 Å². The molecule has 1 amide bonds. The second-order valence-electron chi connectivity index (χ2n) is 5.38. The van der Waals surface area contributed by atoms with E-state index in [2.05, 4.69) is 12.2 Å². The van der Waals surface area contributed by atoms with Gasteiger partial charge in [-0.15, -0.1) is 0 Å². The fourth-order valence-electron chi connectivity index (χ4n) is 2.54. The van der Waals surface area contributed by atoms with Crippen molar-refractivity contribution in [3.63, 3.8) is 0 Å². The summed E-state index contributed by atoms with van der Waals surface area (Å²) in [6.45, 7) is 2.65. The lowest BCUT2D eigenvalue weighted by Crippen LogP contribution is -2.45. The molecule has 1 fully saturated rings. The van der Waals surface area contributed by atoms with Gasteiger partial charge in [-0.3, -0.25) is 4.79 Å². The number of rotatable bonds is 6. The molecule has 0 aliphatic heterocycles. The molecule has 2 unspecified atom stereocenters. The molecule has 17 heavy (non-hydrogen) atoms. The van der Waals surface area contributed by atoms with E-state index < -0.39 is 5.60 Å². The molecule has 0 aromatic carbocycles. The molecule has 0 bridgehead atoms. The number of carbonyl (C=O) groups is 1. The molecule has 1 aliphatic rings. The van der Waals surface area contributed by atoms with Gasteiger partial charge in [0.2, 0.25) is 5.91 Å². The highest BCUT2D eigenvalue weighted by atomic mass is 16.3. The highest BCUT2D eigenvalue weighted by Gasteiger charge is 2.32. The number of hydrogen-bond donors (Lipinski definition) is 3. The summed E-state index contributed by atoms with van der Waals surface area (Å²) in [7, 11) is 0. The van der Waals surface area contributed by atoms with E-state index in [1.165, 1.54) is 6.42 Å². The van der Waals surface area contributed by atoms with Crippen molar-refractivity contribution in [1.29, 1.82) is 0 Å². The lowest BCUT2D eigenvalue weighted by Gasteiger charge is -2.35. The third-order valence-electron chi connectivity index (χ3n) is 3.49. The van der Waals surface area contributed by atoms with Crippen LogP contribution in [0.4, 0.5) is 0 Å². The van der Waals surface area contributed by atoms with Crippen LogP contribution in [-0.4, -0.2) is 34.9 Å². The van der Waals surface area contributed by atoms with E-state index in [4.69, 9.17) is 5.11 Å². The summed E-state index contributed by atoms with van der Waals surface area (Å²) < 4.78 is 0. The second kappa shape index (κ2) is 6.97. The van der Waals surface area contributed by atoms with Crippen molar-refractivity contribution in [3.8, 4) is 0 Å². The van der Waals surface area contributed by atoms with E-state index >= 15 is 0 Å². The summed E-state index contributed by atoms with van der Waals surface area (Å²) in [4.78, 5) is 11.5. The SMILES string of the molecule is CC1CCCC(O)(CNC(=O)CCCCO)C1. The summed E-state index contributed by atoms with van der Waals surface area (Å²) in [6, 6.07) is 0. The van der Waals surface area contributed by atoms with Crippen LogP contribution in [0, 0.1) is 5.92 Å². The number of aliphatic hydroxyl groups is 2. The van der Waals surface area contributed by atoms with Gasteiger partial charge in [0.05, 0.1) is 5.60 Å². The molecule has 100 valence electrons. The first-order chi connectivity index (χ1) is 8.06. The largest absolute Gasteiger partial charge is 0.396 e. The van der Waals surface area contributed by atoms with Gasteiger partial charge in [-0.05, 0) is 31.6 Å². The molecule has 0 aromatic heterocycles. The molecule has 4 heteroatoms. The molecule has 1 saturated carbocycles. The minimum Gasteiger partial charge on any atom is -0.396 e. The van der Waals surface area contributed by atoms with Crippen LogP contribution >= 0.6 is 0 Å². The van der Waals surface area contributed by atoms with Crippen LogP contribution in [0.3, 0.4) is 0 Å². The summed E-state index contributed by atoms with van der Waals surface area (Å²) in [5, 5.41) is 21.7. The maximum absolute atomic E-state index is 11.5. The third-order valence-corrected chi connectivity index (χ3v) is 3.49. The monoisotopic (exact) mass is 243 g/mol. The molecule has 1 aliphatic carbocycles. The normalized spacial score (nSPS) is 29.0. The average molecular weight is 243 g/mol. The molecule has 0 radical (unpaired) electrons. The number of amides is 1. The summed E-state index contributed by atoms with van der Waals surface area (Å²) in [6.07, 6.45) is 5.58. The van der Waals surface area contributed by atoms with Crippen LogP contribution in [0.15, 0.2) is 0 Å². The Balaban J connectivity index is 2.21. The first-order valence-electron chi connectivity index (χ1n) is 6.66. The zero-order valence-corrected chi connectivity index (χ0v) is 10.7. The number of carbonyl (C=O) groups excluding carboxylic acids is 1. The maximum atomic E-state index is 11.5. The van der Waals surface area contributed by atoms with Crippen LogP contribution in [0.25, 0.3) is 0 Å². The zero-order chi connectivity index (χ0) is 12.7. The van der Waals surface area contributed by atoms with Crippen LogP contribution in [0.5, 0.6) is 0 Å². The van der Waals surface area contributed by atoms with Crippen LogP contribution in [0.1, 0.15) is 51.9 Å². The van der Waals surface area contributed by atoms with E-state index in [0.29, 0.717) is 31.7 Å². The predicted octanol–water partition coefficient (Wildman–Crippen LogP) is 1.21. The molecule has 1 rings (SSSR count). The Bertz CT molecular complexity index is 245. The molecule has 3 N–H and O–H groups in total. The Kier molecular flexibility index (Phi) is 5.92. The molecule has 0 spiro atoms. The highest BCUT2D eigenvalue weighted by molar-refractivity contribution is 5.75. The number of nitrogens with one attached hydrogen (secondary N) is 1. The Morgan fingerprint density at radius 1 is 1.47 bits per heavy atom. The lowest BCUT2D eigenvalue weighted by atomic mass is 9.79. The second-order valence-corrected chi connectivity index (χ2v) is 5.38. The Morgan fingerprint density at radius 3 is 2.88 bits per heavy atom. The van der Waals surface area contributed by atoms with E-state index in [-0.39, 0.29) is 12.5 Å². The quantitative estimate of drug-likeness (QED) is 0.614. The van der Waals surface area contributed by atoms with Crippen molar-refractivity contribution in [1.82, 2.24) is 5.32 Å². The molecule has 0 saturated heterocycles. The lowest BCUT2D eigenvalue weighted by molar-refractivity contribution is -0.123. The zero-order valence-electron chi connectivity index (χ0n) is 10.7. The van der Waals surface area contributed by atoms with Gasteiger partial charge in [-0.25, -0.2) is 0 Å². The van der Waals surface area contributed by atoms with Gasteiger partial charge in [-0.2, -0.15) is 0 Å². The fraction of sp³-hybridized carbons (Fsp3) is 0.923. The molecular weight excluding hydrogens is 218 g/mol. The average Bonchev–Trinajstić information content (AvgIpc) is 2.27. The van der Waals surface area contributed by atoms with Crippen LogP contribution in [-0.2, 0) is 4.79 Å². The Labute approximate surface area is 103 Å². The van der Waals surface area contributed by atoms with Crippen molar-refractivity contribution in [2.45, 2.75) is 57.5 Å². The maximum Gasteiger partial charge on any atom is 0.220 e. The van der Waals surface area contributed by atoms with Gasteiger partial charge in [0.25, 0.3) is 0 Å². The van der Waals surface area contributed by atoms with E-state index in [0.717, 1.165) is 19.3 Å². The Morgan fingerprint density at radius 2 is 2.24 bits per heavy atom. The predicted molar refractivity (Wildman–Crippen MR) is 66.5 cm³/mol. The first kappa shape index (κ1) is 14.5.